The van der Waals surface area contributed by atoms with Crippen LogP contribution in [0.3, 0.4) is 0 Å². The lowest BCUT2D eigenvalue weighted by molar-refractivity contribution is -0.129. The van der Waals surface area contributed by atoms with Gasteiger partial charge in [-0.15, -0.1) is 10.2 Å². The topological polar surface area (TPSA) is 70.2 Å². The summed E-state index contributed by atoms with van der Waals surface area (Å²) in [5.41, 5.74) is 0. The molecule has 1 atom stereocenters. The maximum Gasteiger partial charge on any atom is 0.237 e. The highest BCUT2D eigenvalue weighted by molar-refractivity contribution is 7.15. The summed E-state index contributed by atoms with van der Waals surface area (Å²) in [4.78, 5) is 14.0. The van der Waals surface area contributed by atoms with E-state index in [1.54, 1.807) is 11.3 Å². The monoisotopic (exact) mass is 283 g/mol. The number of aromatic nitrogens is 2. The van der Waals surface area contributed by atoms with Gasteiger partial charge >= 0.3 is 0 Å². The second kappa shape index (κ2) is 6.81. The lowest BCUT2D eigenvalue weighted by Crippen LogP contribution is -2.54. The second-order valence-electron chi connectivity index (χ2n) is 4.61. The summed E-state index contributed by atoms with van der Waals surface area (Å²) < 4.78 is 0. The van der Waals surface area contributed by atoms with Crippen molar-refractivity contribution in [1.82, 2.24) is 20.4 Å². The Hall–Kier alpha value is -1.21. The Kier molecular flexibility index (Phi) is 5.09. The number of piperazine rings is 1. The molecule has 1 unspecified atom stereocenters. The highest BCUT2D eigenvalue weighted by Gasteiger charge is 2.28. The minimum Gasteiger partial charge on any atom is -0.360 e. The largest absolute Gasteiger partial charge is 0.360 e. The molecular weight excluding hydrogens is 262 g/mol. The van der Waals surface area contributed by atoms with E-state index in [0.29, 0.717) is 6.54 Å². The zero-order valence-corrected chi connectivity index (χ0v) is 12.3. The van der Waals surface area contributed by atoms with E-state index in [1.807, 2.05) is 6.92 Å². The van der Waals surface area contributed by atoms with Crippen LogP contribution in [0.2, 0.25) is 0 Å². The van der Waals surface area contributed by atoms with Crippen LogP contribution in [0.5, 0.6) is 0 Å². The number of carbonyl (C=O) groups is 1. The van der Waals surface area contributed by atoms with Gasteiger partial charge in [0.05, 0.1) is 12.6 Å². The van der Waals surface area contributed by atoms with E-state index in [1.165, 1.54) is 0 Å². The van der Waals surface area contributed by atoms with Crippen LogP contribution in [0.1, 0.15) is 31.7 Å². The maximum atomic E-state index is 11.8. The van der Waals surface area contributed by atoms with E-state index in [0.717, 1.165) is 42.6 Å². The summed E-state index contributed by atoms with van der Waals surface area (Å²) in [6, 6.07) is -0.0373. The molecule has 0 spiro atoms. The number of nitrogens with one attached hydrogen (secondary N) is 2. The Morgan fingerprint density at radius 2 is 2.32 bits per heavy atom. The molecule has 2 N–H and O–H groups in total. The van der Waals surface area contributed by atoms with E-state index in [4.69, 9.17) is 0 Å². The highest BCUT2D eigenvalue weighted by atomic mass is 32.1. The molecule has 1 fully saturated rings. The molecule has 0 aromatic carbocycles. The lowest BCUT2D eigenvalue weighted by atomic mass is 10.1. The molecule has 6 nitrogen and oxygen atoms in total. The molecular formula is C12H21N5OS. The number of rotatable bonds is 6. The first-order valence-electron chi connectivity index (χ1n) is 6.82. The molecule has 2 heterocycles. The number of nitrogens with zero attached hydrogens (tertiary/aromatic N) is 3. The van der Waals surface area contributed by atoms with E-state index in [9.17, 15) is 4.79 Å². The molecule has 1 aromatic rings. The summed E-state index contributed by atoms with van der Waals surface area (Å²) >= 11 is 1.57. The third kappa shape index (κ3) is 3.63. The minimum atomic E-state index is -0.0373. The van der Waals surface area contributed by atoms with Gasteiger partial charge < -0.3 is 10.6 Å². The van der Waals surface area contributed by atoms with Crippen LogP contribution in [-0.2, 0) is 11.3 Å². The van der Waals surface area contributed by atoms with Gasteiger partial charge in [-0.1, -0.05) is 25.2 Å². The molecule has 1 aromatic heterocycles. The molecule has 0 aliphatic carbocycles. The summed E-state index contributed by atoms with van der Waals surface area (Å²) in [6.07, 6.45) is 1.89. The van der Waals surface area contributed by atoms with Gasteiger partial charge in [0.1, 0.15) is 5.01 Å². The van der Waals surface area contributed by atoms with Crippen LogP contribution < -0.4 is 10.6 Å². The smallest absolute Gasteiger partial charge is 0.237 e. The van der Waals surface area contributed by atoms with Gasteiger partial charge in [-0.25, -0.2) is 0 Å². The van der Waals surface area contributed by atoms with E-state index in [2.05, 4.69) is 32.7 Å². The van der Waals surface area contributed by atoms with Crippen LogP contribution in [0.25, 0.3) is 0 Å². The van der Waals surface area contributed by atoms with Gasteiger partial charge in [-0.2, -0.15) is 0 Å². The van der Waals surface area contributed by atoms with Crippen molar-refractivity contribution in [2.45, 2.75) is 39.3 Å². The number of hydrogen-bond acceptors (Lipinski definition) is 6. The molecule has 0 saturated carbocycles. The molecule has 1 amide bonds. The van der Waals surface area contributed by atoms with Crippen molar-refractivity contribution in [2.75, 3.05) is 25.0 Å². The van der Waals surface area contributed by atoms with Crippen molar-refractivity contribution >= 4 is 22.4 Å². The second-order valence-corrected chi connectivity index (χ2v) is 5.68. The lowest BCUT2D eigenvalue weighted by Gasteiger charge is -2.33. The molecule has 2 rings (SSSR count). The number of amides is 1. The Morgan fingerprint density at radius 3 is 3.05 bits per heavy atom. The van der Waals surface area contributed by atoms with Gasteiger partial charge in [-0.05, 0) is 12.8 Å². The predicted octanol–water partition coefficient (Wildman–Crippen LogP) is 1.07. The fourth-order valence-corrected chi connectivity index (χ4v) is 2.98. The predicted molar refractivity (Wildman–Crippen MR) is 76.2 cm³/mol. The molecule has 0 bridgehead atoms. The van der Waals surface area contributed by atoms with Gasteiger partial charge in [0.15, 0.2) is 0 Å². The maximum absolute atomic E-state index is 11.8. The number of anilines is 1. The zero-order valence-electron chi connectivity index (χ0n) is 11.5. The van der Waals surface area contributed by atoms with Crippen molar-refractivity contribution in [3.05, 3.63) is 5.01 Å². The minimum absolute atomic E-state index is 0.0373. The first kappa shape index (κ1) is 14.2. The van der Waals surface area contributed by atoms with Crippen LogP contribution in [-0.4, -0.2) is 46.7 Å². The molecule has 7 heteroatoms. The molecule has 106 valence electrons. The van der Waals surface area contributed by atoms with E-state index >= 15 is 0 Å². The fraction of sp³-hybridized carbons (Fsp3) is 0.750. The summed E-state index contributed by atoms with van der Waals surface area (Å²) in [6.45, 7) is 7.37. The standard InChI is InChI=1S/C12H21N5OS/c1-3-5-14-12-16-15-10(19-12)8-17-7-6-13-11(18)9(17)4-2/h9H,3-8H2,1-2H3,(H,13,18)(H,14,16). The van der Waals surface area contributed by atoms with Gasteiger partial charge in [0, 0.05) is 19.6 Å². The Bertz CT molecular complexity index is 422. The van der Waals surface area contributed by atoms with Crippen molar-refractivity contribution in [1.29, 1.82) is 0 Å². The third-order valence-corrected chi connectivity index (χ3v) is 4.03. The van der Waals surface area contributed by atoms with Crippen molar-refractivity contribution in [3.8, 4) is 0 Å². The van der Waals surface area contributed by atoms with Gasteiger partial charge in [0.2, 0.25) is 11.0 Å². The number of hydrogen-bond donors (Lipinski definition) is 2. The van der Waals surface area contributed by atoms with E-state index in [-0.39, 0.29) is 11.9 Å². The van der Waals surface area contributed by atoms with Gasteiger partial charge in [0.25, 0.3) is 0 Å². The SMILES string of the molecule is CCCNc1nnc(CN2CCNC(=O)C2CC)s1. The first-order valence-corrected chi connectivity index (χ1v) is 7.64. The van der Waals surface area contributed by atoms with Gasteiger partial charge in [-0.3, -0.25) is 9.69 Å². The molecule has 0 radical (unpaired) electrons. The Balaban J connectivity index is 1.95. The van der Waals surface area contributed by atoms with E-state index < -0.39 is 0 Å². The Morgan fingerprint density at radius 1 is 1.47 bits per heavy atom. The Labute approximate surface area is 117 Å². The van der Waals surface area contributed by atoms with Crippen LogP contribution in [0, 0.1) is 0 Å². The van der Waals surface area contributed by atoms with Crippen molar-refractivity contribution in [3.63, 3.8) is 0 Å². The highest BCUT2D eigenvalue weighted by Crippen LogP contribution is 2.19. The fourth-order valence-electron chi connectivity index (χ4n) is 2.19. The van der Waals surface area contributed by atoms with Crippen molar-refractivity contribution < 1.29 is 4.79 Å². The van der Waals surface area contributed by atoms with Crippen LogP contribution in [0.4, 0.5) is 5.13 Å². The molecule has 1 aliphatic rings. The average molecular weight is 283 g/mol. The molecule has 1 aliphatic heterocycles. The molecule has 1 saturated heterocycles. The van der Waals surface area contributed by atoms with Crippen LogP contribution in [0.15, 0.2) is 0 Å². The zero-order chi connectivity index (χ0) is 13.7. The van der Waals surface area contributed by atoms with Crippen molar-refractivity contribution in [2.24, 2.45) is 0 Å². The summed E-state index contributed by atoms with van der Waals surface area (Å²) in [5, 5.41) is 16.3. The molecule has 19 heavy (non-hydrogen) atoms. The number of carbonyl (C=O) groups excluding carboxylic acids is 1. The van der Waals surface area contributed by atoms with Crippen LogP contribution >= 0.6 is 11.3 Å². The first-order chi connectivity index (χ1) is 9.24. The average Bonchev–Trinajstić information content (AvgIpc) is 2.84. The quantitative estimate of drug-likeness (QED) is 0.817. The summed E-state index contributed by atoms with van der Waals surface area (Å²) in [5.74, 6) is 0.127. The normalized spacial score (nSPS) is 20.3. The third-order valence-electron chi connectivity index (χ3n) is 3.16. The summed E-state index contributed by atoms with van der Waals surface area (Å²) in [7, 11) is 0.